The highest BCUT2D eigenvalue weighted by Gasteiger charge is 2.29. The number of esters is 1. The molecule has 8 heteroatoms. The second-order valence-corrected chi connectivity index (χ2v) is 6.06. The average molecular weight is 352 g/mol. The van der Waals surface area contributed by atoms with Gasteiger partial charge in [-0.2, -0.15) is 0 Å². The van der Waals surface area contributed by atoms with Crippen LogP contribution >= 0.6 is 0 Å². The molecule has 0 spiro atoms. The molecule has 0 atom stereocenters. The van der Waals surface area contributed by atoms with E-state index in [0.717, 1.165) is 18.0 Å². The first-order valence-corrected chi connectivity index (χ1v) is 8.21. The highest BCUT2D eigenvalue weighted by atomic mass is 19.1. The standard InChI is InChI=1S/C17H22FN3O4/c1-25-17(24)12-6-8-21(9-7-12)11-16(23)19-10-15(22)20-14-4-2-13(18)3-5-14/h2-5,12H,6-11H2,1H3,(H,19,23)(H,20,22)/p+1. The Morgan fingerprint density at radius 3 is 2.40 bits per heavy atom. The zero-order valence-corrected chi connectivity index (χ0v) is 14.1. The number of hydrogen-bond donors (Lipinski definition) is 3. The topological polar surface area (TPSA) is 88.9 Å². The lowest BCUT2D eigenvalue weighted by molar-refractivity contribution is -0.897. The van der Waals surface area contributed by atoms with Crippen molar-refractivity contribution in [2.75, 3.05) is 38.6 Å². The van der Waals surface area contributed by atoms with Crippen molar-refractivity contribution in [2.45, 2.75) is 12.8 Å². The molecule has 7 nitrogen and oxygen atoms in total. The molecule has 2 amide bonds. The van der Waals surface area contributed by atoms with Crippen LogP contribution in [0.1, 0.15) is 12.8 Å². The van der Waals surface area contributed by atoms with Crippen LogP contribution in [0.3, 0.4) is 0 Å². The quantitative estimate of drug-likeness (QED) is 0.594. The van der Waals surface area contributed by atoms with Crippen molar-refractivity contribution in [3.63, 3.8) is 0 Å². The van der Waals surface area contributed by atoms with Gasteiger partial charge in [-0.15, -0.1) is 0 Å². The molecular formula is C17H23FN3O4+. The van der Waals surface area contributed by atoms with Gasteiger partial charge >= 0.3 is 5.97 Å². The van der Waals surface area contributed by atoms with Crippen LogP contribution < -0.4 is 15.5 Å². The Balaban J connectivity index is 1.66. The third-order valence-electron chi connectivity index (χ3n) is 4.21. The van der Waals surface area contributed by atoms with E-state index in [0.29, 0.717) is 18.5 Å². The van der Waals surface area contributed by atoms with Gasteiger partial charge in [0.1, 0.15) is 5.82 Å². The molecule has 3 N–H and O–H groups in total. The number of quaternary nitrogens is 1. The molecule has 0 bridgehead atoms. The van der Waals surface area contributed by atoms with E-state index in [4.69, 9.17) is 4.74 Å². The summed E-state index contributed by atoms with van der Waals surface area (Å²) in [5.74, 6) is -1.26. The summed E-state index contributed by atoms with van der Waals surface area (Å²) in [6.07, 6.45) is 1.39. The van der Waals surface area contributed by atoms with Gasteiger partial charge in [-0.25, -0.2) is 4.39 Å². The van der Waals surface area contributed by atoms with Gasteiger partial charge in [-0.05, 0) is 24.3 Å². The largest absolute Gasteiger partial charge is 0.469 e. The van der Waals surface area contributed by atoms with Gasteiger partial charge in [0.2, 0.25) is 5.91 Å². The maximum atomic E-state index is 12.8. The smallest absolute Gasteiger partial charge is 0.309 e. The lowest BCUT2D eigenvalue weighted by Crippen LogP contribution is -3.14. The lowest BCUT2D eigenvalue weighted by Gasteiger charge is -2.27. The highest BCUT2D eigenvalue weighted by Crippen LogP contribution is 2.10. The van der Waals surface area contributed by atoms with E-state index in [2.05, 4.69) is 10.6 Å². The molecule has 1 aromatic rings. The number of rotatable bonds is 6. The monoisotopic (exact) mass is 352 g/mol. The Hall–Kier alpha value is -2.48. The third kappa shape index (κ3) is 6.15. The minimum atomic E-state index is -0.384. The Labute approximate surface area is 145 Å². The summed E-state index contributed by atoms with van der Waals surface area (Å²) in [5.41, 5.74) is 0.469. The second-order valence-electron chi connectivity index (χ2n) is 6.06. The molecule has 1 fully saturated rings. The molecule has 2 rings (SSSR count). The van der Waals surface area contributed by atoms with Gasteiger partial charge < -0.3 is 20.3 Å². The average Bonchev–Trinajstić information content (AvgIpc) is 2.62. The van der Waals surface area contributed by atoms with Crippen LogP contribution in [-0.4, -0.2) is 51.1 Å². The molecule has 1 aliphatic rings. The van der Waals surface area contributed by atoms with Crippen LogP contribution in [0.2, 0.25) is 0 Å². The number of methoxy groups -OCH3 is 1. The Morgan fingerprint density at radius 1 is 1.16 bits per heavy atom. The summed E-state index contributed by atoms with van der Waals surface area (Å²) >= 11 is 0. The van der Waals surface area contributed by atoms with Crippen molar-refractivity contribution in [3.8, 4) is 0 Å². The fourth-order valence-electron chi connectivity index (χ4n) is 2.81. The van der Waals surface area contributed by atoms with E-state index in [1.165, 1.54) is 31.4 Å². The molecule has 136 valence electrons. The van der Waals surface area contributed by atoms with E-state index < -0.39 is 0 Å². The van der Waals surface area contributed by atoms with E-state index in [9.17, 15) is 18.8 Å². The summed E-state index contributed by atoms with van der Waals surface area (Å²) < 4.78 is 17.5. The number of piperidine rings is 1. The number of anilines is 1. The fourth-order valence-corrected chi connectivity index (χ4v) is 2.81. The Kier molecular flexibility index (Phi) is 6.88. The molecule has 0 radical (unpaired) electrons. The molecule has 1 aliphatic heterocycles. The molecule has 0 unspecified atom stereocenters. The number of carbonyl (C=O) groups is 3. The van der Waals surface area contributed by atoms with Crippen molar-refractivity contribution in [1.82, 2.24) is 5.32 Å². The number of ether oxygens (including phenoxy) is 1. The second kappa shape index (κ2) is 9.12. The summed E-state index contributed by atoms with van der Waals surface area (Å²) in [6, 6.07) is 5.39. The van der Waals surface area contributed by atoms with Gasteiger partial charge in [0, 0.05) is 18.5 Å². The predicted molar refractivity (Wildman–Crippen MR) is 88.3 cm³/mol. The maximum absolute atomic E-state index is 12.8. The molecule has 0 aromatic heterocycles. The molecule has 1 aromatic carbocycles. The number of hydrogen-bond acceptors (Lipinski definition) is 4. The lowest BCUT2D eigenvalue weighted by atomic mass is 9.97. The predicted octanol–water partition coefficient (Wildman–Crippen LogP) is -0.652. The maximum Gasteiger partial charge on any atom is 0.309 e. The van der Waals surface area contributed by atoms with Crippen molar-refractivity contribution in [1.29, 1.82) is 0 Å². The number of carbonyl (C=O) groups excluding carboxylic acids is 3. The highest BCUT2D eigenvalue weighted by molar-refractivity contribution is 5.94. The van der Waals surface area contributed by atoms with Crippen LogP contribution in [0.4, 0.5) is 10.1 Å². The number of amides is 2. The van der Waals surface area contributed by atoms with E-state index in [1.807, 2.05) is 0 Å². The van der Waals surface area contributed by atoms with Crippen molar-refractivity contribution in [2.24, 2.45) is 5.92 Å². The minimum absolute atomic E-state index is 0.0849. The molecule has 0 aliphatic carbocycles. The van der Waals surface area contributed by atoms with Crippen LogP contribution in [0.15, 0.2) is 24.3 Å². The first-order chi connectivity index (χ1) is 12.0. The SMILES string of the molecule is COC(=O)C1CC[NH+](CC(=O)NCC(=O)Nc2ccc(F)cc2)CC1. The van der Waals surface area contributed by atoms with Gasteiger partial charge in [0.15, 0.2) is 6.54 Å². The summed E-state index contributed by atoms with van der Waals surface area (Å²) in [6.45, 7) is 1.55. The normalized spacial score (nSPS) is 19.8. The first kappa shape index (κ1) is 18.9. The summed E-state index contributed by atoms with van der Waals surface area (Å²) in [7, 11) is 1.38. The van der Waals surface area contributed by atoms with Crippen LogP contribution in [0.5, 0.6) is 0 Å². The van der Waals surface area contributed by atoms with E-state index in [1.54, 1.807) is 0 Å². The first-order valence-electron chi connectivity index (χ1n) is 8.21. The molecule has 1 heterocycles. The third-order valence-corrected chi connectivity index (χ3v) is 4.21. The number of benzene rings is 1. The van der Waals surface area contributed by atoms with Gasteiger partial charge in [0.05, 0.1) is 32.7 Å². The van der Waals surface area contributed by atoms with Crippen LogP contribution in [-0.2, 0) is 19.1 Å². The van der Waals surface area contributed by atoms with E-state index in [-0.39, 0.29) is 42.6 Å². The van der Waals surface area contributed by atoms with Gasteiger partial charge in [-0.3, -0.25) is 14.4 Å². The Bertz CT molecular complexity index is 613. The fraction of sp³-hybridized carbons (Fsp3) is 0.471. The summed E-state index contributed by atoms with van der Waals surface area (Å²) in [5, 5.41) is 5.14. The molecule has 0 saturated carbocycles. The summed E-state index contributed by atoms with van der Waals surface area (Å²) in [4.78, 5) is 36.2. The number of likely N-dealkylation sites (tertiary alicyclic amines) is 1. The van der Waals surface area contributed by atoms with Crippen molar-refractivity contribution < 1.29 is 28.4 Å². The van der Waals surface area contributed by atoms with Gasteiger partial charge in [-0.1, -0.05) is 0 Å². The Morgan fingerprint density at radius 2 is 1.80 bits per heavy atom. The molecular weight excluding hydrogens is 329 g/mol. The van der Waals surface area contributed by atoms with Crippen LogP contribution in [0.25, 0.3) is 0 Å². The van der Waals surface area contributed by atoms with Gasteiger partial charge in [0.25, 0.3) is 5.91 Å². The molecule has 25 heavy (non-hydrogen) atoms. The zero-order chi connectivity index (χ0) is 18.2. The number of nitrogens with one attached hydrogen (secondary N) is 3. The van der Waals surface area contributed by atoms with E-state index >= 15 is 0 Å². The number of halogens is 1. The minimum Gasteiger partial charge on any atom is -0.469 e. The van der Waals surface area contributed by atoms with Crippen molar-refractivity contribution in [3.05, 3.63) is 30.1 Å². The van der Waals surface area contributed by atoms with Crippen LogP contribution in [0, 0.1) is 11.7 Å². The molecule has 1 saturated heterocycles. The van der Waals surface area contributed by atoms with Crippen molar-refractivity contribution >= 4 is 23.5 Å². The zero-order valence-electron chi connectivity index (χ0n) is 14.1.